The third-order valence-electron chi connectivity index (χ3n) is 2.75. The average Bonchev–Trinajstić information content (AvgIpc) is 2.86. The maximum absolute atomic E-state index is 4.60. The number of rotatable bonds is 4. The Labute approximate surface area is 109 Å². The van der Waals surface area contributed by atoms with E-state index in [1.54, 1.807) is 22.7 Å². The molecule has 0 bridgehead atoms. The second-order valence-corrected chi connectivity index (χ2v) is 6.31. The molecule has 0 aromatic carbocycles. The van der Waals surface area contributed by atoms with Gasteiger partial charge < -0.3 is 0 Å². The third-order valence-corrected chi connectivity index (χ3v) is 4.80. The van der Waals surface area contributed by atoms with E-state index < -0.39 is 0 Å². The van der Waals surface area contributed by atoms with Crippen molar-refractivity contribution in [1.82, 2.24) is 15.3 Å². The van der Waals surface area contributed by atoms with Gasteiger partial charge in [0, 0.05) is 28.2 Å². The maximum Gasteiger partial charge on any atom is 0.117 e. The van der Waals surface area contributed by atoms with Crippen LogP contribution < -0.4 is 5.32 Å². The summed E-state index contributed by atoms with van der Waals surface area (Å²) in [4.78, 5) is 9.20. The molecule has 1 aliphatic rings. The van der Waals surface area contributed by atoms with Crippen LogP contribution in [0.25, 0.3) is 0 Å². The summed E-state index contributed by atoms with van der Waals surface area (Å²) in [6, 6.07) is 0.855. The first kappa shape index (κ1) is 11.3. The SMILES string of the molecule is Cc1csc(C(NC2CC2)c2nc(C)cs2)n1. The van der Waals surface area contributed by atoms with Crippen molar-refractivity contribution < 1.29 is 0 Å². The molecule has 2 heterocycles. The van der Waals surface area contributed by atoms with Crippen LogP contribution in [0, 0.1) is 13.8 Å². The van der Waals surface area contributed by atoms with Gasteiger partial charge in [0.2, 0.25) is 0 Å². The molecule has 2 aromatic rings. The van der Waals surface area contributed by atoms with Crippen LogP contribution in [0.4, 0.5) is 0 Å². The van der Waals surface area contributed by atoms with Crippen LogP contribution >= 0.6 is 22.7 Å². The lowest BCUT2D eigenvalue weighted by atomic mass is 10.3. The first-order chi connectivity index (χ1) is 8.22. The molecule has 0 aliphatic heterocycles. The Morgan fingerprint density at radius 3 is 2.00 bits per heavy atom. The van der Waals surface area contributed by atoms with Crippen molar-refractivity contribution in [3.8, 4) is 0 Å². The first-order valence-electron chi connectivity index (χ1n) is 5.82. The van der Waals surface area contributed by atoms with E-state index in [1.807, 2.05) is 13.8 Å². The molecule has 0 spiro atoms. The number of nitrogens with zero attached hydrogens (tertiary/aromatic N) is 2. The summed E-state index contributed by atoms with van der Waals surface area (Å²) in [7, 11) is 0. The fourth-order valence-corrected chi connectivity index (χ4v) is 3.53. The normalized spacial score (nSPS) is 15.7. The molecule has 1 N–H and O–H groups in total. The largest absolute Gasteiger partial charge is 0.299 e. The highest BCUT2D eigenvalue weighted by molar-refractivity contribution is 7.11. The van der Waals surface area contributed by atoms with E-state index in [0.717, 1.165) is 21.4 Å². The highest BCUT2D eigenvalue weighted by Gasteiger charge is 2.29. The van der Waals surface area contributed by atoms with Gasteiger partial charge in [-0.2, -0.15) is 0 Å². The first-order valence-corrected chi connectivity index (χ1v) is 7.58. The lowest BCUT2D eigenvalue weighted by Gasteiger charge is -2.13. The molecule has 17 heavy (non-hydrogen) atoms. The van der Waals surface area contributed by atoms with Gasteiger partial charge in [0.05, 0.1) is 0 Å². The summed E-state index contributed by atoms with van der Waals surface area (Å²) in [5.74, 6) is 0. The molecule has 3 rings (SSSR count). The molecule has 2 aromatic heterocycles. The second-order valence-electron chi connectivity index (χ2n) is 4.53. The fourth-order valence-electron chi connectivity index (χ4n) is 1.74. The minimum absolute atomic E-state index is 0.194. The standard InChI is InChI=1S/C12H15N3S2/c1-7-5-16-11(13-7)10(15-9-3-4-9)12-14-8(2)6-17-12/h5-6,9-10,15H,3-4H2,1-2H3. The lowest BCUT2D eigenvalue weighted by molar-refractivity contribution is 0.593. The van der Waals surface area contributed by atoms with Crippen molar-refractivity contribution in [3.05, 3.63) is 32.2 Å². The molecule has 5 heteroatoms. The predicted octanol–water partition coefficient (Wildman–Crippen LogP) is 3.06. The molecular formula is C12H15N3S2. The number of nitrogens with one attached hydrogen (secondary N) is 1. The van der Waals surface area contributed by atoms with Gasteiger partial charge in [-0.15, -0.1) is 22.7 Å². The van der Waals surface area contributed by atoms with E-state index in [-0.39, 0.29) is 6.04 Å². The third kappa shape index (κ3) is 2.56. The molecule has 0 saturated heterocycles. The van der Waals surface area contributed by atoms with Gasteiger partial charge in [-0.1, -0.05) is 0 Å². The van der Waals surface area contributed by atoms with Gasteiger partial charge in [0.25, 0.3) is 0 Å². The molecule has 90 valence electrons. The van der Waals surface area contributed by atoms with Crippen molar-refractivity contribution in [2.75, 3.05) is 0 Å². The minimum atomic E-state index is 0.194. The molecule has 0 radical (unpaired) electrons. The van der Waals surface area contributed by atoms with Gasteiger partial charge in [-0.05, 0) is 26.7 Å². The van der Waals surface area contributed by atoms with E-state index in [9.17, 15) is 0 Å². The van der Waals surface area contributed by atoms with Crippen LogP contribution in [0.3, 0.4) is 0 Å². The van der Waals surface area contributed by atoms with Crippen LogP contribution in [0.1, 0.15) is 40.3 Å². The van der Waals surface area contributed by atoms with E-state index in [0.29, 0.717) is 6.04 Å². The van der Waals surface area contributed by atoms with Gasteiger partial charge in [-0.3, -0.25) is 5.32 Å². The molecule has 0 atom stereocenters. The van der Waals surface area contributed by atoms with Gasteiger partial charge in [-0.25, -0.2) is 9.97 Å². The molecular weight excluding hydrogens is 250 g/mol. The Hall–Kier alpha value is -0.780. The molecule has 1 saturated carbocycles. The van der Waals surface area contributed by atoms with Gasteiger partial charge in [0.15, 0.2) is 0 Å². The van der Waals surface area contributed by atoms with Crippen LogP contribution in [0.5, 0.6) is 0 Å². The smallest absolute Gasteiger partial charge is 0.117 e. The van der Waals surface area contributed by atoms with Crippen LogP contribution in [0.2, 0.25) is 0 Å². The number of thiazole rings is 2. The Morgan fingerprint density at radius 2 is 1.65 bits per heavy atom. The van der Waals surface area contributed by atoms with Crippen molar-refractivity contribution in [2.24, 2.45) is 0 Å². The number of aryl methyl sites for hydroxylation is 2. The van der Waals surface area contributed by atoms with Gasteiger partial charge in [0.1, 0.15) is 16.1 Å². The van der Waals surface area contributed by atoms with E-state index in [1.165, 1.54) is 12.8 Å². The van der Waals surface area contributed by atoms with Crippen molar-refractivity contribution in [2.45, 2.75) is 38.8 Å². The molecule has 1 aliphatic carbocycles. The Bertz CT molecular complexity index is 473. The summed E-state index contributed by atoms with van der Waals surface area (Å²) in [6.07, 6.45) is 2.57. The summed E-state index contributed by atoms with van der Waals surface area (Å²) in [6.45, 7) is 4.09. The van der Waals surface area contributed by atoms with Crippen LogP contribution in [-0.2, 0) is 0 Å². The van der Waals surface area contributed by atoms with Crippen molar-refractivity contribution in [3.63, 3.8) is 0 Å². The Morgan fingerprint density at radius 1 is 1.12 bits per heavy atom. The highest BCUT2D eigenvalue weighted by Crippen LogP contribution is 2.31. The zero-order valence-electron chi connectivity index (χ0n) is 9.93. The zero-order chi connectivity index (χ0) is 11.8. The molecule has 0 amide bonds. The molecule has 3 nitrogen and oxygen atoms in total. The summed E-state index contributed by atoms with van der Waals surface area (Å²) >= 11 is 3.45. The Balaban J connectivity index is 1.90. The quantitative estimate of drug-likeness (QED) is 0.923. The van der Waals surface area contributed by atoms with Crippen molar-refractivity contribution in [1.29, 1.82) is 0 Å². The van der Waals surface area contributed by atoms with E-state index >= 15 is 0 Å². The topological polar surface area (TPSA) is 37.8 Å². The summed E-state index contributed by atoms with van der Waals surface area (Å²) in [5.41, 5.74) is 2.20. The monoisotopic (exact) mass is 265 g/mol. The van der Waals surface area contributed by atoms with Crippen LogP contribution in [-0.4, -0.2) is 16.0 Å². The number of hydrogen-bond donors (Lipinski definition) is 1. The number of hydrogen-bond acceptors (Lipinski definition) is 5. The lowest BCUT2D eigenvalue weighted by Crippen LogP contribution is -2.24. The van der Waals surface area contributed by atoms with E-state index in [4.69, 9.17) is 0 Å². The van der Waals surface area contributed by atoms with E-state index in [2.05, 4.69) is 26.0 Å². The molecule has 0 unspecified atom stereocenters. The van der Waals surface area contributed by atoms with Crippen molar-refractivity contribution >= 4 is 22.7 Å². The number of aromatic nitrogens is 2. The van der Waals surface area contributed by atoms with Crippen LogP contribution in [0.15, 0.2) is 10.8 Å². The Kier molecular flexibility index (Phi) is 2.98. The second kappa shape index (κ2) is 4.48. The molecule has 1 fully saturated rings. The maximum atomic E-state index is 4.60. The van der Waals surface area contributed by atoms with Gasteiger partial charge >= 0.3 is 0 Å². The highest BCUT2D eigenvalue weighted by atomic mass is 32.1. The average molecular weight is 265 g/mol. The minimum Gasteiger partial charge on any atom is -0.299 e. The summed E-state index contributed by atoms with van der Waals surface area (Å²) < 4.78 is 0. The zero-order valence-corrected chi connectivity index (χ0v) is 11.6. The predicted molar refractivity (Wildman–Crippen MR) is 71.7 cm³/mol. The fraction of sp³-hybridized carbons (Fsp3) is 0.500. The summed E-state index contributed by atoms with van der Waals surface area (Å²) in [5, 5.41) is 10.1.